The fourth-order valence-corrected chi connectivity index (χ4v) is 1.93. The summed E-state index contributed by atoms with van der Waals surface area (Å²) in [6.45, 7) is 4.00. The highest BCUT2D eigenvalue weighted by molar-refractivity contribution is 5.80. The molecule has 0 radical (unpaired) electrons. The Kier molecular flexibility index (Phi) is 1.83. The van der Waals surface area contributed by atoms with Gasteiger partial charge in [-0.3, -0.25) is 4.79 Å². The first-order valence-corrected chi connectivity index (χ1v) is 4.63. The third-order valence-corrected chi connectivity index (χ3v) is 2.84. The van der Waals surface area contributed by atoms with Crippen molar-refractivity contribution in [2.24, 2.45) is 11.8 Å². The lowest BCUT2D eigenvalue weighted by molar-refractivity contribution is -0.148. The number of nitrogens with zero attached hydrogens (tertiary/aromatic N) is 1. The molecule has 2 fully saturated rings. The van der Waals surface area contributed by atoms with Gasteiger partial charge in [0.25, 0.3) is 0 Å². The second-order valence-electron chi connectivity index (χ2n) is 4.17. The van der Waals surface area contributed by atoms with Crippen molar-refractivity contribution < 1.29 is 9.90 Å². The van der Waals surface area contributed by atoms with E-state index in [-0.39, 0.29) is 17.9 Å². The van der Waals surface area contributed by atoms with Crippen LogP contribution in [0.5, 0.6) is 0 Å². The molecule has 0 aromatic heterocycles. The van der Waals surface area contributed by atoms with Crippen molar-refractivity contribution in [1.82, 2.24) is 4.90 Å². The zero-order valence-electron chi connectivity index (χ0n) is 7.36. The van der Waals surface area contributed by atoms with E-state index in [4.69, 9.17) is 5.11 Å². The number of hydrogen-bond donors (Lipinski definition) is 1. The Bertz CT molecular complexity index is 173. The fourth-order valence-electron chi connectivity index (χ4n) is 1.93. The van der Waals surface area contributed by atoms with Gasteiger partial charge in [-0.15, -0.1) is 0 Å². The van der Waals surface area contributed by atoms with E-state index in [1.165, 1.54) is 0 Å². The molecule has 0 aromatic carbocycles. The molecular formula is C9H15NO2. The van der Waals surface area contributed by atoms with E-state index >= 15 is 0 Å². The molecule has 1 aliphatic carbocycles. The number of likely N-dealkylation sites (tertiary alicyclic amines) is 1. The first-order valence-electron chi connectivity index (χ1n) is 4.63. The number of rotatable bonds is 1. The second-order valence-corrected chi connectivity index (χ2v) is 4.17. The van der Waals surface area contributed by atoms with Gasteiger partial charge in [-0.05, 0) is 18.8 Å². The van der Waals surface area contributed by atoms with Crippen LogP contribution in [0.3, 0.4) is 0 Å². The Labute approximate surface area is 72.4 Å². The fraction of sp³-hybridized carbons (Fsp3) is 0.889. The zero-order valence-corrected chi connectivity index (χ0v) is 7.36. The van der Waals surface area contributed by atoms with Gasteiger partial charge in [0.2, 0.25) is 5.91 Å². The molecule has 2 aliphatic rings. The molecule has 1 aliphatic heterocycles. The summed E-state index contributed by atoms with van der Waals surface area (Å²) in [4.78, 5) is 13.4. The van der Waals surface area contributed by atoms with Crippen molar-refractivity contribution in [2.75, 3.05) is 13.1 Å². The SMILES string of the molecule is CC1CN(C(=O)C2CC(O)C2)C1. The standard InChI is InChI=1S/C9H15NO2/c1-6-4-10(5-6)9(12)7-2-8(11)3-7/h6-8,11H,2-5H2,1H3. The lowest BCUT2D eigenvalue weighted by atomic mass is 9.80. The lowest BCUT2D eigenvalue weighted by Crippen LogP contribution is -2.53. The molecule has 1 saturated heterocycles. The van der Waals surface area contributed by atoms with Crippen LogP contribution in [0.15, 0.2) is 0 Å². The number of carbonyl (C=O) groups is 1. The summed E-state index contributed by atoms with van der Waals surface area (Å²) in [7, 11) is 0. The average molecular weight is 169 g/mol. The van der Waals surface area contributed by atoms with Crippen molar-refractivity contribution in [3.63, 3.8) is 0 Å². The predicted octanol–water partition coefficient (Wildman–Crippen LogP) is 0.236. The topological polar surface area (TPSA) is 40.5 Å². The third-order valence-electron chi connectivity index (χ3n) is 2.84. The van der Waals surface area contributed by atoms with Crippen LogP contribution >= 0.6 is 0 Å². The van der Waals surface area contributed by atoms with Gasteiger partial charge in [0, 0.05) is 19.0 Å². The number of amides is 1. The minimum atomic E-state index is -0.211. The minimum Gasteiger partial charge on any atom is -0.393 e. The molecule has 3 nitrogen and oxygen atoms in total. The van der Waals surface area contributed by atoms with Crippen molar-refractivity contribution in [2.45, 2.75) is 25.9 Å². The Balaban J connectivity index is 1.78. The Morgan fingerprint density at radius 3 is 2.42 bits per heavy atom. The van der Waals surface area contributed by atoms with Gasteiger partial charge in [0.05, 0.1) is 6.10 Å². The number of hydrogen-bond acceptors (Lipinski definition) is 2. The zero-order chi connectivity index (χ0) is 8.72. The number of carbonyl (C=O) groups excluding carboxylic acids is 1. The summed E-state index contributed by atoms with van der Waals surface area (Å²) in [6.07, 6.45) is 1.16. The molecule has 0 atom stereocenters. The normalized spacial score (nSPS) is 35.7. The van der Waals surface area contributed by atoms with Gasteiger partial charge in [0.1, 0.15) is 0 Å². The summed E-state index contributed by atoms with van der Waals surface area (Å²) in [5.74, 6) is 1.07. The van der Waals surface area contributed by atoms with Gasteiger partial charge >= 0.3 is 0 Å². The second kappa shape index (κ2) is 2.73. The van der Waals surface area contributed by atoms with Crippen LogP contribution < -0.4 is 0 Å². The molecule has 68 valence electrons. The summed E-state index contributed by atoms with van der Waals surface area (Å²) < 4.78 is 0. The molecule has 1 amide bonds. The third kappa shape index (κ3) is 1.22. The van der Waals surface area contributed by atoms with Crippen LogP contribution in [0.1, 0.15) is 19.8 Å². The molecule has 1 heterocycles. The molecule has 1 N–H and O–H groups in total. The van der Waals surface area contributed by atoms with Gasteiger partial charge < -0.3 is 10.0 Å². The Morgan fingerprint density at radius 1 is 1.42 bits per heavy atom. The van der Waals surface area contributed by atoms with E-state index in [1.54, 1.807) is 0 Å². The summed E-state index contributed by atoms with van der Waals surface area (Å²) in [6, 6.07) is 0. The molecule has 0 unspecified atom stereocenters. The lowest BCUT2D eigenvalue weighted by Gasteiger charge is -2.42. The van der Waals surface area contributed by atoms with Crippen LogP contribution in [0.2, 0.25) is 0 Å². The van der Waals surface area contributed by atoms with Gasteiger partial charge in [0.15, 0.2) is 0 Å². The van der Waals surface area contributed by atoms with Gasteiger partial charge in [-0.25, -0.2) is 0 Å². The molecule has 0 spiro atoms. The van der Waals surface area contributed by atoms with E-state index in [0.29, 0.717) is 18.8 Å². The summed E-state index contributed by atoms with van der Waals surface area (Å²) >= 11 is 0. The predicted molar refractivity (Wildman–Crippen MR) is 44.5 cm³/mol. The molecular weight excluding hydrogens is 154 g/mol. The van der Waals surface area contributed by atoms with Gasteiger partial charge in [-0.1, -0.05) is 6.92 Å². The first-order chi connectivity index (χ1) is 5.66. The highest BCUT2D eigenvalue weighted by atomic mass is 16.3. The molecule has 3 heteroatoms. The largest absolute Gasteiger partial charge is 0.393 e. The Morgan fingerprint density at radius 2 is 2.00 bits per heavy atom. The van der Waals surface area contributed by atoms with Crippen molar-refractivity contribution in [1.29, 1.82) is 0 Å². The van der Waals surface area contributed by atoms with Crippen molar-refractivity contribution in [3.8, 4) is 0 Å². The van der Waals surface area contributed by atoms with Crippen LogP contribution in [-0.2, 0) is 4.79 Å². The molecule has 2 rings (SSSR count). The highest BCUT2D eigenvalue weighted by Crippen LogP contribution is 2.31. The molecule has 12 heavy (non-hydrogen) atoms. The van der Waals surface area contributed by atoms with E-state index in [0.717, 1.165) is 13.1 Å². The highest BCUT2D eigenvalue weighted by Gasteiger charge is 2.38. The maximum atomic E-state index is 11.5. The summed E-state index contributed by atoms with van der Waals surface area (Å²) in [5.41, 5.74) is 0. The van der Waals surface area contributed by atoms with E-state index in [9.17, 15) is 4.79 Å². The van der Waals surface area contributed by atoms with Crippen LogP contribution in [0.4, 0.5) is 0 Å². The number of aliphatic hydroxyl groups is 1. The average Bonchev–Trinajstić information content (AvgIpc) is 1.91. The maximum absolute atomic E-state index is 11.5. The molecule has 0 bridgehead atoms. The molecule has 0 aromatic rings. The van der Waals surface area contributed by atoms with E-state index < -0.39 is 0 Å². The quantitative estimate of drug-likeness (QED) is 0.610. The van der Waals surface area contributed by atoms with Crippen LogP contribution in [-0.4, -0.2) is 35.1 Å². The minimum absolute atomic E-state index is 0.132. The van der Waals surface area contributed by atoms with E-state index in [2.05, 4.69) is 6.92 Å². The van der Waals surface area contributed by atoms with Crippen molar-refractivity contribution >= 4 is 5.91 Å². The molecule has 1 saturated carbocycles. The monoisotopic (exact) mass is 169 g/mol. The number of aliphatic hydroxyl groups excluding tert-OH is 1. The smallest absolute Gasteiger partial charge is 0.225 e. The van der Waals surface area contributed by atoms with Gasteiger partial charge in [-0.2, -0.15) is 0 Å². The van der Waals surface area contributed by atoms with Crippen LogP contribution in [0.25, 0.3) is 0 Å². The van der Waals surface area contributed by atoms with E-state index in [1.807, 2.05) is 4.90 Å². The maximum Gasteiger partial charge on any atom is 0.225 e. The van der Waals surface area contributed by atoms with Crippen LogP contribution in [0, 0.1) is 11.8 Å². The first kappa shape index (κ1) is 8.05. The Hall–Kier alpha value is -0.570. The summed E-state index contributed by atoms with van der Waals surface area (Å²) in [5, 5.41) is 9.02. The van der Waals surface area contributed by atoms with Crippen molar-refractivity contribution in [3.05, 3.63) is 0 Å².